The molecular formula is C14H17NO. The monoisotopic (exact) mass is 215 g/mol. The molecule has 0 bridgehead atoms. The van der Waals surface area contributed by atoms with Crippen LogP contribution in [-0.2, 0) is 11.3 Å². The first-order valence-electron chi connectivity index (χ1n) is 5.45. The Balaban J connectivity index is 2.38. The fraction of sp³-hybridized carbons (Fsp3) is 0.357. The number of hydrogen-bond donors (Lipinski definition) is 0. The molecule has 0 saturated carbocycles. The van der Waals surface area contributed by atoms with E-state index in [1.165, 1.54) is 0 Å². The van der Waals surface area contributed by atoms with Gasteiger partial charge in [-0.2, -0.15) is 0 Å². The predicted molar refractivity (Wildman–Crippen MR) is 65.6 cm³/mol. The quantitative estimate of drug-likeness (QED) is 0.545. The van der Waals surface area contributed by atoms with Crippen molar-refractivity contribution in [2.24, 2.45) is 0 Å². The fourth-order valence-electron chi connectivity index (χ4n) is 1.48. The average Bonchev–Trinajstić information content (AvgIpc) is 2.30. The minimum Gasteiger partial charge on any atom is -0.341 e. The van der Waals surface area contributed by atoms with Crippen molar-refractivity contribution >= 4 is 5.91 Å². The van der Waals surface area contributed by atoms with E-state index in [2.05, 4.69) is 5.92 Å². The van der Waals surface area contributed by atoms with Crippen LogP contribution in [0.15, 0.2) is 30.3 Å². The smallest absolute Gasteiger partial charge is 0.222 e. The van der Waals surface area contributed by atoms with Gasteiger partial charge in [0.25, 0.3) is 0 Å². The van der Waals surface area contributed by atoms with Gasteiger partial charge in [-0.3, -0.25) is 4.79 Å². The summed E-state index contributed by atoms with van der Waals surface area (Å²) in [5.41, 5.74) is 1.15. The molecule has 0 aromatic heterocycles. The maximum Gasteiger partial charge on any atom is 0.222 e. The van der Waals surface area contributed by atoms with Crippen LogP contribution in [0.25, 0.3) is 0 Å². The highest BCUT2D eigenvalue weighted by Gasteiger charge is 2.07. The number of amides is 1. The molecule has 0 fully saturated rings. The number of benzene rings is 1. The Labute approximate surface area is 97.3 Å². The normalized spacial score (nSPS) is 9.50. The Morgan fingerprint density at radius 1 is 1.38 bits per heavy atom. The number of hydrogen-bond acceptors (Lipinski definition) is 1. The van der Waals surface area contributed by atoms with Crippen LogP contribution in [0.5, 0.6) is 0 Å². The number of nitrogens with zero attached hydrogens (tertiary/aromatic N) is 1. The van der Waals surface area contributed by atoms with E-state index in [1.54, 1.807) is 4.90 Å². The SMILES string of the molecule is C#CCCCC(=O)N(C)Cc1ccccc1. The lowest BCUT2D eigenvalue weighted by Gasteiger charge is -2.16. The zero-order valence-corrected chi connectivity index (χ0v) is 9.65. The highest BCUT2D eigenvalue weighted by Crippen LogP contribution is 2.05. The summed E-state index contributed by atoms with van der Waals surface area (Å²) in [5, 5.41) is 0. The summed E-state index contributed by atoms with van der Waals surface area (Å²) in [6.07, 6.45) is 7.12. The van der Waals surface area contributed by atoms with E-state index in [0.717, 1.165) is 12.0 Å². The number of carbonyl (C=O) groups excluding carboxylic acids is 1. The van der Waals surface area contributed by atoms with Crippen molar-refractivity contribution in [1.29, 1.82) is 0 Å². The van der Waals surface area contributed by atoms with Crippen molar-refractivity contribution in [2.75, 3.05) is 7.05 Å². The van der Waals surface area contributed by atoms with Gasteiger partial charge >= 0.3 is 0 Å². The molecule has 0 N–H and O–H groups in total. The van der Waals surface area contributed by atoms with Crippen LogP contribution < -0.4 is 0 Å². The highest BCUT2D eigenvalue weighted by atomic mass is 16.2. The van der Waals surface area contributed by atoms with Gasteiger partial charge < -0.3 is 4.90 Å². The molecule has 1 rings (SSSR count). The Bertz CT molecular complexity index is 364. The minimum absolute atomic E-state index is 0.152. The molecule has 0 aliphatic heterocycles. The van der Waals surface area contributed by atoms with E-state index in [9.17, 15) is 4.79 Å². The van der Waals surface area contributed by atoms with Gasteiger partial charge in [0.15, 0.2) is 0 Å². The lowest BCUT2D eigenvalue weighted by molar-refractivity contribution is -0.130. The van der Waals surface area contributed by atoms with Gasteiger partial charge in [-0.15, -0.1) is 12.3 Å². The molecule has 0 aliphatic rings. The maximum absolute atomic E-state index is 11.7. The van der Waals surface area contributed by atoms with Crippen LogP contribution in [0, 0.1) is 12.3 Å². The molecule has 0 atom stereocenters. The largest absolute Gasteiger partial charge is 0.341 e. The van der Waals surface area contributed by atoms with Gasteiger partial charge in [-0.05, 0) is 12.0 Å². The van der Waals surface area contributed by atoms with Crippen molar-refractivity contribution in [3.05, 3.63) is 35.9 Å². The summed E-state index contributed by atoms with van der Waals surface area (Å²) in [4.78, 5) is 13.4. The maximum atomic E-state index is 11.7. The number of carbonyl (C=O) groups is 1. The third-order valence-electron chi connectivity index (χ3n) is 2.40. The van der Waals surface area contributed by atoms with E-state index in [0.29, 0.717) is 19.4 Å². The van der Waals surface area contributed by atoms with E-state index >= 15 is 0 Å². The predicted octanol–water partition coefficient (Wildman–Crippen LogP) is 2.45. The number of terminal acetylenes is 1. The molecular weight excluding hydrogens is 198 g/mol. The molecule has 84 valence electrons. The molecule has 1 amide bonds. The van der Waals surface area contributed by atoms with Gasteiger partial charge in [0.05, 0.1) is 0 Å². The molecule has 1 aromatic carbocycles. The number of rotatable bonds is 5. The summed E-state index contributed by atoms with van der Waals surface area (Å²) in [6.45, 7) is 0.662. The Hall–Kier alpha value is -1.75. The molecule has 16 heavy (non-hydrogen) atoms. The van der Waals surface area contributed by atoms with Crippen LogP contribution in [0.1, 0.15) is 24.8 Å². The van der Waals surface area contributed by atoms with Crippen molar-refractivity contribution in [3.63, 3.8) is 0 Å². The van der Waals surface area contributed by atoms with Crippen molar-refractivity contribution in [1.82, 2.24) is 4.90 Å². The minimum atomic E-state index is 0.152. The van der Waals surface area contributed by atoms with E-state index in [4.69, 9.17) is 6.42 Å². The summed E-state index contributed by atoms with van der Waals surface area (Å²) in [7, 11) is 1.82. The van der Waals surface area contributed by atoms with E-state index in [-0.39, 0.29) is 5.91 Å². The molecule has 0 unspecified atom stereocenters. The van der Waals surface area contributed by atoms with Crippen molar-refractivity contribution in [3.8, 4) is 12.3 Å². The molecule has 2 nitrogen and oxygen atoms in total. The second kappa shape index (κ2) is 6.68. The first-order chi connectivity index (χ1) is 7.74. The van der Waals surface area contributed by atoms with Crippen LogP contribution in [-0.4, -0.2) is 17.9 Å². The van der Waals surface area contributed by atoms with Gasteiger partial charge in [-0.25, -0.2) is 0 Å². The average molecular weight is 215 g/mol. The second-order valence-corrected chi connectivity index (χ2v) is 3.79. The molecule has 0 saturated heterocycles. The summed E-state index contributed by atoms with van der Waals surface area (Å²) in [6, 6.07) is 9.96. The molecule has 0 spiro atoms. The standard InChI is InChI=1S/C14H17NO/c1-3-4-6-11-14(16)15(2)12-13-9-7-5-8-10-13/h1,5,7-10H,4,6,11-12H2,2H3. The van der Waals surface area contributed by atoms with E-state index < -0.39 is 0 Å². The third-order valence-corrected chi connectivity index (χ3v) is 2.40. The first kappa shape index (κ1) is 12.3. The fourth-order valence-corrected chi connectivity index (χ4v) is 1.48. The van der Waals surface area contributed by atoms with Crippen LogP contribution in [0.3, 0.4) is 0 Å². The zero-order valence-electron chi connectivity index (χ0n) is 9.65. The summed E-state index contributed by atoms with van der Waals surface area (Å²) < 4.78 is 0. The first-order valence-corrected chi connectivity index (χ1v) is 5.45. The Morgan fingerprint density at radius 3 is 2.69 bits per heavy atom. The highest BCUT2D eigenvalue weighted by molar-refractivity contribution is 5.75. The lowest BCUT2D eigenvalue weighted by Crippen LogP contribution is -2.25. The molecule has 0 radical (unpaired) electrons. The molecule has 1 aromatic rings. The van der Waals surface area contributed by atoms with Crippen LogP contribution >= 0.6 is 0 Å². The second-order valence-electron chi connectivity index (χ2n) is 3.79. The van der Waals surface area contributed by atoms with Gasteiger partial charge in [-0.1, -0.05) is 30.3 Å². The molecule has 0 aliphatic carbocycles. The summed E-state index contributed by atoms with van der Waals surface area (Å²) >= 11 is 0. The van der Waals surface area contributed by atoms with Crippen LogP contribution in [0.2, 0.25) is 0 Å². The van der Waals surface area contributed by atoms with Crippen molar-refractivity contribution < 1.29 is 4.79 Å². The topological polar surface area (TPSA) is 20.3 Å². The number of unbranched alkanes of at least 4 members (excludes halogenated alkanes) is 1. The zero-order chi connectivity index (χ0) is 11.8. The lowest BCUT2D eigenvalue weighted by atomic mass is 10.2. The van der Waals surface area contributed by atoms with E-state index in [1.807, 2.05) is 37.4 Å². The van der Waals surface area contributed by atoms with Gasteiger partial charge in [0, 0.05) is 26.4 Å². The van der Waals surface area contributed by atoms with Gasteiger partial charge in [0.2, 0.25) is 5.91 Å². The Kier molecular flexibility index (Phi) is 5.15. The van der Waals surface area contributed by atoms with Crippen molar-refractivity contribution in [2.45, 2.75) is 25.8 Å². The van der Waals surface area contributed by atoms with Gasteiger partial charge in [0.1, 0.15) is 0 Å². The summed E-state index contributed by atoms with van der Waals surface area (Å²) in [5.74, 6) is 2.69. The molecule has 0 heterocycles. The van der Waals surface area contributed by atoms with Crippen LogP contribution in [0.4, 0.5) is 0 Å². The molecule has 2 heteroatoms. The Morgan fingerprint density at radius 2 is 2.06 bits per heavy atom. The third kappa shape index (κ3) is 4.18.